The second-order valence-corrected chi connectivity index (χ2v) is 5.76. The summed E-state index contributed by atoms with van der Waals surface area (Å²) in [6, 6.07) is 5.78. The first kappa shape index (κ1) is 17.0. The summed E-state index contributed by atoms with van der Waals surface area (Å²) in [7, 11) is 0. The van der Waals surface area contributed by atoms with Gasteiger partial charge in [-0.2, -0.15) is 0 Å². The van der Waals surface area contributed by atoms with Gasteiger partial charge in [-0.05, 0) is 49.0 Å². The molecule has 122 valence electrons. The molecule has 0 unspecified atom stereocenters. The van der Waals surface area contributed by atoms with Gasteiger partial charge < -0.3 is 10.2 Å². The highest BCUT2D eigenvalue weighted by molar-refractivity contribution is 5.89. The number of amides is 2. The third-order valence-corrected chi connectivity index (χ3v) is 4.10. The Bertz CT molecular complexity index is 601. The van der Waals surface area contributed by atoms with Gasteiger partial charge in [-0.15, -0.1) is 0 Å². The molecule has 1 aromatic carbocycles. The number of anilines is 1. The maximum absolute atomic E-state index is 13.1. The van der Waals surface area contributed by atoms with E-state index < -0.39 is 0 Å². The van der Waals surface area contributed by atoms with Gasteiger partial charge in [0.05, 0.1) is 0 Å². The van der Waals surface area contributed by atoms with Crippen LogP contribution in [0.1, 0.15) is 19.3 Å². The molecule has 1 saturated heterocycles. The number of nitrogens with zero attached hydrogens (tertiary/aromatic N) is 1. The van der Waals surface area contributed by atoms with Gasteiger partial charge in [0.1, 0.15) is 5.82 Å². The number of halogens is 1. The number of carbonyl (C=O) groups excluding carboxylic acids is 1. The van der Waals surface area contributed by atoms with E-state index in [4.69, 9.17) is 0 Å². The molecule has 0 atom stereocenters. The van der Waals surface area contributed by atoms with Crippen LogP contribution in [0.2, 0.25) is 0 Å². The van der Waals surface area contributed by atoms with Crippen LogP contribution < -0.4 is 5.32 Å². The summed E-state index contributed by atoms with van der Waals surface area (Å²) in [6.07, 6.45) is 8.51. The molecule has 0 spiro atoms. The Balaban J connectivity index is 1.84. The van der Waals surface area contributed by atoms with E-state index in [1.165, 1.54) is 17.7 Å². The lowest BCUT2D eigenvalue weighted by atomic mass is 9.90. The van der Waals surface area contributed by atoms with Gasteiger partial charge in [-0.3, -0.25) is 0 Å². The predicted octanol–water partition coefficient (Wildman–Crippen LogP) is 4.76. The molecule has 1 N–H and O–H groups in total. The average molecular weight is 314 g/mol. The molecule has 1 aromatic rings. The molecule has 2 rings (SSSR count). The van der Waals surface area contributed by atoms with Crippen molar-refractivity contribution in [2.45, 2.75) is 19.3 Å². The number of hydrogen-bond donors (Lipinski definition) is 1. The minimum absolute atomic E-state index is 0.167. The van der Waals surface area contributed by atoms with Crippen LogP contribution in [0.15, 0.2) is 61.2 Å². The minimum atomic E-state index is -0.354. The van der Waals surface area contributed by atoms with Crippen molar-refractivity contribution in [3.05, 3.63) is 67.0 Å². The van der Waals surface area contributed by atoms with Gasteiger partial charge in [0.2, 0.25) is 0 Å². The summed E-state index contributed by atoms with van der Waals surface area (Å²) in [5.74, 6) is 0.199. The number of rotatable bonds is 5. The maximum Gasteiger partial charge on any atom is 0.321 e. The van der Waals surface area contributed by atoms with E-state index in [9.17, 15) is 9.18 Å². The van der Waals surface area contributed by atoms with Crippen LogP contribution in [0.4, 0.5) is 14.9 Å². The number of allylic oxidation sites excluding steroid dienone is 4. The second-order valence-electron chi connectivity index (χ2n) is 5.76. The van der Waals surface area contributed by atoms with Crippen LogP contribution >= 0.6 is 0 Å². The quantitative estimate of drug-likeness (QED) is 0.781. The molecule has 0 aliphatic carbocycles. The Morgan fingerprint density at radius 3 is 2.70 bits per heavy atom. The summed E-state index contributed by atoms with van der Waals surface area (Å²) < 4.78 is 13.1. The lowest BCUT2D eigenvalue weighted by Crippen LogP contribution is -2.41. The minimum Gasteiger partial charge on any atom is -0.325 e. The van der Waals surface area contributed by atoms with Crippen LogP contribution in [-0.2, 0) is 0 Å². The first-order chi connectivity index (χ1) is 11.1. The van der Waals surface area contributed by atoms with E-state index in [-0.39, 0.29) is 11.8 Å². The fourth-order valence-electron chi connectivity index (χ4n) is 2.81. The lowest BCUT2D eigenvalue weighted by Gasteiger charge is -2.32. The van der Waals surface area contributed by atoms with Gasteiger partial charge in [-0.1, -0.05) is 37.5 Å². The molecule has 1 fully saturated rings. The maximum atomic E-state index is 13.1. The topological polar surface area (TPSA) is 32.3 Å². The first-order valence-corrected chi connectivity index (χ1v) is 7.88. The Morgan fingerprint density at radius 1 is 1.35 bits per heavy atom. The molecule has 0 aromatic heterocycles. The molecular weight excluding hydrogens is 291 g/mol. The predicted molar refractivity (Wildman–Crippen MR) is 92.8 cm³/mol. The lowest BCUT2D eigenvalue weighted by molar-refractivity contribution is 0.182. The van der Waals surface area contributed by atoms with E-state index in [1.54, 1.807) is 23.1 Å². The molecule has 1 aliphatic rings. The van der Waals surface area contributed by atoms with Gasteiger partial charge in [0.25, 0.3) is 0 Å². The van der Waals surface area contributed by atoms with Gasteiger partial charge in [-0.25, -0.2) is 9.18 Å². The molecule has 3 nitrogen and oxygen atoms in total. The zero-order valence-electron chi connectivity index (χ0n) is 13.3. The van der Waals surface area contributed by atoms with E-state index >= 15 is 0 Å². The number of likely N-dealkylation sites (tertiary alicyclic amines) is 1. The Labute approximate surface area is 137 Å². The zero-order valence-corrected chi connectivity index (χ0v) is 13.3. The summed E-state index contributed by atoms with van der Waals surface area (Å²) >= 11 is 0. The van der Waals surface area contributed by atoms with Crippen molar-refractivity contribution in [2.24, 2.45) is 5.92 Å². The number of hydrogen-bond acceptors (Lipinski definition) is 1. The summed E-state index contributed by atoms with van der Waals surface area (Å²) in [6.45, 7) is 8.96. The molecule has 1 aliphatic heterocycles. The number of carbonyl (C=O) groups is 1. The van der Waals surface area contributed by atoms with Gasteiger partial charge in [0, 0.05) is 18.8 Å². The highest BCUT2D eigenvalue weighted by Crippen LogP contribution is 2.25. The molecular formula is C19H23FN2O. The number of nitrogens with one attached hydrogen (secondary N) is 1. The summed E-state index contributed by atoms with van der Waals surface area (Å²) in [5, 5.41) is 2.75. The largest absolute Gasteiger partial charge is 0.325 e. The van der Waals surface area contributed by atoms with E-state index in [2.05, 4.69) is 18.5 Å². The highest BCUT2D eigenvalue weighted by Gasteiger charge is 2.23. The number of benzene rings is 1. The number of urea groups is 1. The first-order valence-electron chi connectivity index (χ1n) is 7.88. The van der Waals surface area contributed by atoms with Crippen molar-refractivity contribution in [1.29, 1.82) is 0 Å². The third-order valence-electron chi connectivity index (χ3n) is 4.10. The van der Waals surface area contributed by atoms with Crippen molar-refractivity contribution in [1.82, 2.24) is 4.90 Å². The monoisotopic (exact) mass is 314 g/mol. The molecule has 0 radical (unpaired) electrons. The SMILES string of the molecule is C=C/C=C(\C=C)CC1CCN(C(=O)Nc2cccc(F)c2)CC1. The summed E-state index contributed by atoms with van der Waals surface area (Å²) in [5.41, 5.74) is 1.67. The highest BCUT2D eigenvalue weighted by atomic mass is 19.1. The molecule has 0 saturated carbocycles. The number of piperidine rings is 1. The van der Waals surface area contributed by atoms with Crippen molar-refractivity contribution in [3.63, 3.8) is 0 Å². The standard InChI is InChI=1S/C19H23FN2O/c1-3-6-15(4-2)13-16-9-11-22(12-10-16)19(23)21-18-8-5-7-17(20)14-18/h3-8,14,16H,1-2,9-13H2,(H,21,23)/b15-6+. The van der Waals surface area contributed by atoms with Crippen molar-refractivity contribution in [2.75, 3.05) is 18.4 Å². The van der Waals surface area contributed by atoms with Crippen LogP contribution in [0.25, 0.3) is 0 Å². The van der Waals surface area contributed by atoms with Crippen LogP contribution in [0.3, 0.4) is 0 Å². The van der Waals surface area contributed by atoms with Crippen molar-refractivity contribution in [3.8, 4) is 0 Å². The molecule has 23 heavy (non-hydrogen) atoms. The normalized spacial score (nSPS) is 16.0. The van der Waals surface area contributed by atoms with Gasteiger partial charge in [0.15, 0.2) is 0 Å². The second kappa shape index (κ2) is 8.32. The molecule has 0 bridgehead atoms. The fraction of sp³-hybridized carbons (Fsp3) is 0.316. The van der Waals surface area contributed by atoms with Gasteiger partial charge >= 0.3 is 6.03 Å². The van der Waals surface area contributed by atoms with Crippen molar-refractivity contribution < 1.29 is 9.18 Å². The van der Waals surface area contributed by atoms with E-state index in [0.717, 1.165) is 19.3 Å². The van der Waals surface area contributed by atoms with Crippen LogP contribution in [0.5, 0.6) is 0 Å². The van der Waals surface area contributed by atoms with Crippen LogP contribution in [-0.4, -0.2) is 24.0 Å². The average Bonchev–Trinajstić information content (AvgIpc) is 2.55. The third kappa shape index (κ3) is 5.09. The molecule has 4 heteroatoms. The molecule has 1 heterocycles. The fourth-order valence-corrected chi connectivity index (χ4v) is 2.81. The molecule has 2 amide bonds. The zero-order chi connectivity index (χ0) is 16.7. The Kier molecular flexibility index (Phi) is 6.15. The Morgan fingerprint density at radius 2 is 2.09 bits per heavy atom. The van der Waals surface area contributed by atoms with E-state index in [1.807, 2.05) is 12.2 Å². The summed E-state index contributed by atoms with van der Waals surface area (Å²) in [4.78, 5) is 14.0. The Hall–Kier alpha value is -2.36. The van der Waals surface area contributed by atoms with E-state index in [0.29, 0.717) is 24.7 Å². The smallest absolute Gasteiger partial charge is 0.321 e. The van der Waals surface area contributed by atoms with Crippen LogP contribution in [0, 0.1) is 11.7 Å². The van der Waals surface area contributed by atoms with Crippen molar-refractivity contribution >= 4 is 11.7 Å².